The standard InChI is InChI=1S/C14H16N4O3S/c1-8(15-9(2)19)12(20)16-14-18-17-13(22-14)10-5-4-6-11(7-10)21-3/h4-8H,1-3H3,(H,15,19)(H,16,18,20)/t8-/m0/s1. The molecule has 116 valence electrons. The molecular formula is C14H16N4O3S. The van der Waals surface area contributed by atoms with E-state index in [2.05, 4.69) is 20.8 Å². The molecule has 1 aromatic carbocycles. The van der Waals surface area contributed by atoms with Gasteiger partial charge in [-0.1, -0.05) is 23.5 Å². The Balaban J connectivity index is 2.08. The van der Waals surface area contributed by atoms with Crippen molar-refractivity contribution in [3.05, 3.63) is 24.3 Å². The third-order valence-corrected chi connectivity index (χ3v) is 3.67. The van der Waals surface area contributed by atoms with Crippen LogP contribution >= 0.6 is 11.3 Å². The van der Waals surface area contributed by atoms with Gasteiger partial charge in [-0.2, -0.15) is 0 Å². The molecule has 2 rings (SSSR count). The lowest BCUT2D eigenvalue weighted by molar-refractivity contribution is -0.124. The summed E-state index contributed by atoms with van der Waals surface area (Å²) in [7, 11) is 1.59. The normalized spacial score (nSPS) is 11.6. The number of carbonyl (C=O) groups excluding carboxylic acids is 2. The van der Waals surface area contributed by atoms with Gasteiger partial charge in [0.1, 0.15) is 16.8 Å². The fourth-order valence-electron chi connectivity index (χ4n) is 1.73. The highest BCUT2D eigenvalue weighted by Gasteiger charge is 2.16. The molecule has 22 heavy (non-hydrogen) atoms. The minimum atomic E-state index is -0.637. The van der Waals surface area contributed by atoms with Crippen molar-refractivity contribution in [1.29, 1.82) is 0 Å². The molecule has 0 unspecified atom stereocenters. The van der Waals surface area contributed by atoms with Crippen LogP contribution in [0.1, 0.15) is 13.8 Å². The van der Waals surface area contributed by atoms with Gasteiger partial charge in [0.25, 0.3) is 0 Å². The number of amides is 2. The Morgan fingerprint density at radius 3 is 2.77 bits per heavy atom. The molecule has 0 spiro atoms. The largest absolute Gasteiger partial charge is 0.497 e. The third kappa shape index (κ3) is 4.01. The van der Waals surface area contributed by atoms with Gasteiger partial charge >= 0.3 is 0 Å². The number of nitrogens with one attached hydrogen (secondary N) is 2. The van der Waals surface area contributed by atoms with E-state index >= 15 is 0 Å². The number of aromatic nitrogens is 2. The number of anilines is 1. The van der Waals surface area contributed by atoms with Gasteiger partial charge in [0, 0.05) is 12.5 Å². The maximum absolute atomic E-state index is 11.9. The topological polar surface area (TPSA) is 93.2 Å². The van der Waals surface area contributed by atoms with Crippen LogP contribution in [0.3, 0.4) is 0 Å². The van der Waals surface area contributed by atoms with E-state index in [1.807, 2.05) is 24.3 Å². The maximum Gasteiger partial charge on any atom is 0.248 e. The second-order valence-electron chi connectivity index (χ2n) is 4.56. The van der Waals surface area contributed by atoms with Gasteiger partial charge in [-0.25, -0.2) is 0 Å². The van der Waals surface area contributed by atoms with Gasteiger partial charge in [-0.3, -0.25) is 14.9 Å². The predicted octanol–water partition coefficient (Wildman–Crippen LogP) is 1.68. The molecule has 1 heterocycles. The van der Waals surface area contributed by atoms with Crippen LogP contribution < -0.4 is 15.4 Å². The van der Waals surface area contributed by atoms with Gasteiger partial charge in [0.15, 0.2) is 0 Å². The first-order valence-electron chi connectivity index (χ1n) is 6.55. The summed E-state index contributed by atoms with van der Waals surface area (Å²) in [6.07, 6.45) is 0. The van der Waals surface area contributed by atoms with Crippen molar-refractivity contribution in [2.24, 2.45) is 0 Å². The number of benzene rings is 1. The summed E-state index contributed by atoms with van der Waals surface area (Å²) < 4.78 is 5.16. The lowest BCUT2D eigenvalue weighted by Crippen LogP contribution is -2.40. The molecule has 0 aliphatic carbocycles. The molecule has 0 radical (unpaired) electrons. The molecule has 2 N–H and O–H groups in total. The minimum Gasteiger partial charge on any atom is -0.497 e. The Kier molecular flexibility index (Phi) is 5.05. The van der Waals surface area contributed by atoms with Crippen molar-refractivity contribution < 1.29 is 14.3 Å². The number of hydrogen-bond acceptors (Lipinski definition) is 6. The van der Waals surface area contributed by atoms with Crippen molar-refractivity contribution in [3.8, 4) is 16.3 Å². The Hall–Kier alpha value is -2.48. The zero-order valence-corrected chi connectivity index (χ0v) is 13.2. The van der Waals surface area contributed by atoms with E-state index < -0.39 is 6.04 Å². The lowest BCUT2D eigenvalue weighted by atomic mass is 10.2. The van der Waals surface area contributed by atoms with Crippen LogP contribution in [0.15, 0.2) is 24.3 Å². The maximum atomic E-state index is 11.9. The van der Waals surface area contributed by atoms with E-state index in [0.717, 1.165) is 11.3 Å². The first kappa shape index (κ1) is 15.9. The first-order chi connectivity index (χ1) is 10.5. The zero-order chi connectivity index (χ0) is 16.1. The second kappa shape index (κ2) is 6.99. The summed E-state index contributed by atoms with van der Waals surface area (Å²) >= 11 is 1.25. The molecule has 7 nitrogen and oxygen atoms in total. The van der Waals surface area contributed by atoms with Crippen molar-refractivity contribution in [1.82, 2.24) is 15.5 Å². The molecule has 0 aliphatic heterocycles. The number of ether oxygens (including phenoxy) is 1. The monoisotopic (exact) mass is 320 g/mol. The quantitative estimate of drug-likeness (QED) is 0.874. The van der Waals surface area contributed by atoms with Crippen LogP contribution in [0.25, 0.3) is 10.6 Å². The van der Waals surface area contributed by atoms with Crippen LogP contribution in [0.4, 0.5) is 5.13 Å². The summed E-state index contributed by atoms with van der Waals surface area (Å²) in [4.78, 5) is 22.8. The molecule has 8 heteroatoms. The van der Waals surface area contributed by atoms with Gasteiger partial charge in [-0.05, 0) is 19.1 Å². The van der Waals surface area contributed by atoms with Crippen LogP contribution in [-0.2, 0) is 9.59 Å². The van der Waals surface area contributed by atoms with E-state index in [1.165, 1.54) is 18.3 Å². The summed E-state index contributed by atoms with van der Waals surface area (Å²) in [6.45, 7) is 2.95. The second-order valence-corrected chi connectivity index (χ2v) is 5.53. The fraction of sp³-hybridized carbons (Fsp3) is 0.286. The number of methoxy groups -OCH3 is 1. The van der Waals surface area contributed by atoms with Crippen LogP contribution in [0, 0.1) is 0 Å². The summed E-state index contributed by atoms with van der Waals surface area (Å²) in [5.41, 5.74) is 0.854. The molecule has 2 aromatic rings. The first-order valence-corrected chi connectivity index (χ1v) is 7.37. The summed E-state index contributed by atoms with van der Waals surface area (Å²) in [5, 5.41) is 14.2. The summed E-state index contributed by atoms with van der Waals surface area (Å²) in [5.74, 6) is 0.109. The Labute approximate surface area is 131 Å². The van der Waals surface area contributed by atoms with E-state index in [9.17, 15) is 9.59 Å². The Morgan fingerprint density at radius 1 is 1.32 bits per heavy atom. The minimum absolute atomic E-state index is 0.267. The van der Waals surface area contributed by atoms with Gasteiger partial charge in [0.2, 0.25) is 16.9 Å². The number of hydrogen-bond donors (Lipinski definition) is 2. The highest BCUT2D eigenvalue weighted by molar-refractivity contribution is 7.18. The Morgan fingerprint density at radius 2 is 2.09 bits per heavy atom. The zero-order valence-electron chi connectivity index (χ0n) is 12.4. The average Bonchev–Trinajstić information content (AvgIpc) is 2.95. The predicted molar refractivity (Wildman–Crippen MR) is 83.8 cm³/mol. The number of rotatable bonds is 5. The van der Waals surface area contributed by atoms with E-state index in [1.54, 1.807) is 14.0 Å². The van der Waals surface area contributed by atoms with Gasteiger partial charge in [-0.15, -0.1) is 10.2 Å². The molecule has 0 saturated carbocycles. The highest BCUT2D eigenvalue weighted by atomic mass is 32.1. The molecule has 1 aromatic heterocycles. The molecule has 2 amide bonds. The fourth-order valence-corrected chi connectivity index (χ4v) is 2.47. The molecule has 0 fully saturated rings. The molecule has 0 bridgehead atoms. The van der Waals surface area contributed by atoms with Crippen molar-refractivity contribution in [3.63, 3.8) is 0 Å². The van der Waals surface area contributed by atoms with Gasteiger partial charge < -0.3 is 10.1 Å². The van der Waals surface area contributed by atoms with Crippen LogP contribution in [-0.4, -0.2) is 35.2 Å². The molecule has 0 saturated heterocycles. The van der Waals surface area contributed by atoms with E-state index in [4.69, 9.17) is 4.74 Å². The summed E-state index contributed by atoms with van der Waals surface area (Å²) in [6, 6.07) is 6.77. The van der Waals surface area contributed by atoms with E-state index in [-0.39, 0.29) is 11.8 Å². The molecule has 1 atom stereocenters. The third-order valence-electron chi connectivity index (χ3n) is 2.78. The highest BCUT2D eigenvalue weighted by Crippen LogP contribution is 2.28. The average molecular weight is 320 g/mol. The smallest absolute Gasteiger partial charge is 0.248 e. The molecule has 0 aliphatic rings. The number of carbonyl (C=O) groups is 2. The SMILES string of the molecule is COc1cccc(-c2nnc(NC(=O)[C@H](C)NC(C)=O)s2)c1. The van der Waals surface area contributed by atoms with Gasteiger partial charge in [0.05, 0.1) is 7.11 Å². The van der Waals surface area contributed by atoms with Crippen LogP contribution in [0.2, 0.25) is 0 Å². The molecular weight excluding hydrogens is 304 g/mol. The van der Waals surface area contributed by atoms with Crippen LogP contribution in [0.5, 0.6) is 5.75 Å². The Bertz CT molecular complexity index is 686. The van der Waals surface area contributed by atoms with Crippen molar-refractivity contribution >= 4 is 28.3 Å². The lowest BCUT2D eigenvalue weighted by Gasteiger charge is -2.10. The van der Waals surface area contributed by atoms with Crippen molar-refractivity contribution in [2.75, 3.05) is 12.4 Å². The van der Waals surface area contributed by atoms with Crippen molar-refractivity contribution in [2.45, 2.75) is 19.9 Å². The van der Waals surface area contributed by atoms with E-state index in [0.29, 0.717) is 10.1 Å². The number of nitrogens with zero attached hydrogens (tertiary/aromatic N) is 2.